The van der Waals surface area contributed by atoms with Gasteiger partial charge in [-0.05, 0) is 12.1 Å². The first-order chi connectivity index (χ1) is 7.39. The van der Waals surface area contributed by atoms with Crippen molar-refractivity contribution in [3.05, 3.63) is 24.0 Å². The van der Waals surface area contributed by atoms with Crippen LogP contribution in [0.4, 0.5) is 11.5 Å². The second kappa shape index (κ2) is 3.33. The summed E-state index contributed by atoms with van der Waals surface area (Å²) in [5.74, 6) is 1.21. The molecule has 1 aromatic carbocycles. The first-order valence-electron chi connectivity index (χ1n) is 5.22. The van der Waals surface area contributed by atoms with Crippen molar-refractivity contribution in [2.45, 2.75) is 26.2 Å². The maximum absolute atomic E-state index is 5.92. The Balaban J connectivity index is 2.81. The van der Waals surface area contributed by atoms with Crippen LogP contribution in [0.1, 0.15) is 26.6 Å². The Bertz CT molecular complexity index is 540. The second-order valence-electron chi connectivity index (χ2n) is 4.93. The Kier molecular flexibility index (Phi) is 2.22. The number of benzene rings is 1. The summed E-state index contributed by atoms with van der Waals surface area (Å²) in [7, 11) is 0. The fraction of sp³-hybridized carbons (Fsp3) is 0.333. The number of anilines is 2. The molecule has 0 fully saturated rings. The Morgan fingerprint density at radius 1 is 1.06 bits per heavy atom. The molecular formula is C12H16N4. The summed E-state index contributed by atoms with van der Waals surface area (Å²) in [4.78, 5) is 8.82. The highest BCUT2D eigenvalue weighted by molar-refractivity contribution is 5.95. The van der Waals surface area contributed by atoms with Gasteiger partial charge in [0.15, 0.2) is 0 Å². The number of hydrogen-bond donors (Lipinski definition) is 2. The van der Waals surface area contributed by atoms with Gasteiger partial charge in [0.05, 0.1) is 11.2 Å². The normalized spacial score (nSPS) is 11.9. The summed E-state index contributed by atoms with van der Waals surface area (Å²) < 4.78 is 0. The summed E-state index contributed by atoms with van der Waals surface area (Å²) in [5, 5.41) is 0.813. The van der Waals surface area contributed by atoms with Gasteiger partial charge in [-0.1, -0.05) is 26.8 Å². The Morgan fingerprint density at radius 2 is 1.75 bits per heavy atom. The number of para-hydroxylation sites is 1. The van der Waals surface area contributed by atoms with Crippen LogP contribution in [0.15, 0.2) is 18.2 Å². The van der Waals surface area contributed by atoms with E-state index in [0.29, 0.717) is 11.5 Å². The molecule has 4 heteroatoms. The maximum Gasteiger partial charge on any atom is 0.136 e. The molecule has 0 radical (unpaired) electrons. The number of hydrogen-bond acceptors (Lipinski definition) is 4. The SMILES string of the molecule is CC(C)(C)c1nc(N)c2cccc(N)c2n1. The summed E-state index contributed by atoms with van der Waals surface area (Å²) in [6.07, 6.45) is 0. The number of nitrogen functional groups attached to an aromatic ring is 2. The topological polar surface area (TPSA) is 77.8 Å². The predicted octanol–water partition coefficient (Wildman–Crippen LogP) is 2.09. The molecule has 0 aliphatic carbocycles. The van der Waals surface area contributed by atoms with Crippen LogP contribution in [0, 0.1) is 0 Å². The van der Waals surface area contributed by atoms with Gasteiger partial charge in [0, 0.05) is 10.8 Å². The van der Waals surface area contributed by atoms with Crippen molar-refractivity contribution in [3.8, 4) is 0 Å². The van der Waals surface area contributed by atoms with Crippen molar-refractivity contribution in [1.29, 1.82) is 0 Å². The molecule has 2 rings (SSSR count). The summed E-state index contributed by atoms with van der Waals surface area (Å²) in [6.45, 7) is 6.15. The van der Waals surface area contributed by atoms with Gasteiger partial charge in [0.25, 0.3) is 0 Å². The van der Waals surface area contributed by atoms with Crippen molar-refractivity contribution >= 4 is 22.4 Å². The van der Waals surface area contributed by atoms with Crippen LogP contribution in [0.25, 0.3) is 10.9 Å². The third kappa shape index (κ3) is 1.66. The lowest BCUT2D eigenvalue weighted by Crippen LogP contribution is -2.17. The van der Waals surface area contributed by atoms with Crippen molar-refractivity contribution in [3.63, 3.8) is 0 Å². The third-order valence-corrected chi connectivity index (χ3v) is 2.46. The van der Waals surface area contributed by atoms with Gasteiger partial charge in [-0.25, -0.2) is 9.97 Å². The van der Waals surface area contributed by atoms with E-state index in [1.807, 2.05) is 39.0 Å². The fourth-order valence-electron chi connectivity index (χ4n) is 1.53. The monoisotopic (exact) mass is 216 g/mol. The molecule has 16 heavy (non-hydrogen) atoms. The molecule has 0 bridgehead atoms. The minimum atomic E-state index is -0.134. The maximum atomic E-state index is 5.92. The van der Waals surface area contributed by atoms with Crippen LogP contribution >= 0.6 is 0 Å². The smallest absolute Gasteiger partial charge is 0.136 e. The minimum Gasteiger partial charge on any atom is -0.397 e. The molecule has 0 amide bonds. The van der Waals surface area contributed by atoms with E-state index in [4.69, 9.17) is 11.5 Å². The number of aromatic nitrogens is 2. The predicted molar refractivity (Wildman–Crippen MR) is 67.1 cm³/mol. The molecule has 0 saturated heterocycles. The van der Waals surface area contributed by atoms with Gasteiger partial charge < -0.3 is 11.5 Å². The molecular weight excluding hydrogens is 200 g/mol. The zero-order valence-electron chi connectivity index (χ0n) is 9.78. The van der Waals surface area contributed by atoms with Crippen LogP contribution in [-0.2, 0) is 5.41 Å². The Labute approximate surface area is 94.7 Å². The van der Waals surface area contributed by atoms with E-state index in [0.717, 1.165) is 16.7 Å². The summed E-state index contributed by atoms with van der Waals surface area (Å²) in [6, 6.07) is 5.56. The lowest BCUT2D eigenvalue weighted by atomic mass is 9.95. The number of fused-ring (bicyclic) bond motifs is 1. The van der Waals surface area contributed by atoms with Crippen molar-refractivity contribution < 1.29 is 0 Å². The molecule has 2 aromatic rings. The standard InChI is InChI=1S/C12H16N4/c1-12(2,3)11-15-9-7(10(14)16-11)5-4-6-8(9)13/h4-6H,13H2,1-3H3,(H2,14,15,16). The first-order valence-corrected chi connectivity index (χ1v) is 5.22. The molecule has 0 aliphatic rings. The highest BCUT2D eigenvalue weighted by Crippen LogP contribution is 2.27. The second-order valence-corrected chi connectivity index (χ2v) is 4.93. The highest BCUT2D eigenvalue weighted by Gasteiger charge is 2.19. The Hall–Kier alpha value is -1.84. The molecule has 4 nitrogen and oxygen atoms in total. The Morgan fingerprint density at radius 3 is 2.38 bits per heavy atom. The van der Waals surface area contributed by atoms with Crippen LogP contribution in [0.3, 0.4) is 0 Å². The molecule has 1 heterocycles. The van der Waals surface area contributed by atoms with Gasteiger partial charge >= 0.3 is 0 Å². The summed E-state index contributed by atoms with van der Waals surface area (Å²) >= 11 is 0. The molecule has 0 spiro atoms. The van der Waals surface area contributed by atoms with E-state index in [9.17, 15) is 0 Å². The van der Waals surface area contributed by atoms with Gasteiger partial charge in [-0.3, -0.25) is 0 Å². The van der Waals surface area contributed by atoms with E-state index >= 15 is 0 Å². The van der Waals surface area contributed by atoms with Crippen LogP contribution in [-0.4, -0.2) is 9.97 Å². The molecule has 0 saturated carbocycles. The van der Waals surface area contributed by atoms with E-state index in [1.165, 1.54) is 0 Å². The zero-order chi connectivity index (χ0) is 11.9. The number of rotatable bonds is 0. The molecule has 1 aromatic heterocycles. The fourth-order valence-corrected chi connectivity index (χ4v) is 1.53. The van der Waals surface area contributed by atoms with E-state index < -0.39 is 0 Å². The molecule has 0 atom stereocenters. The number of nitrogens with zero attached hydrogens (tertiary/aromatic N) is 2. The average molecular weight is 216 g/mol. The minimum absolute atomic E-state index is 0.134. The van der Waals surface area contributed by atoms with Crippen LogP contribution in [0.5, 0.6) is 0 Å². The van der Waals surface area contributed by atoms with E-state index in [2.05, 4.69) is 9.97 Å². The average Bonchev–Trinajstić information content (AvgIpc) is 2.18. The van der Waals surface area contributed by atoms with Gasteiger partial charge in [-0.15, -0.1) is 0 Å². The van der Waals surface area contributed by atoms with Gasteiger partial charge in [0.2, 0.25) is 0 Å². The van der Waals surface area contributed by atoms with Crippen LogP contribution in [0.2, 0.25) is 0 Å². The lowest BCUT2D eigenvalue weighted by molar-refractivity contribution is 0.549. The summed E-state index contributed by atoms with van der Waals surface area (Å²) in [5.41, 5.74) is 13.0. The van der Waals surface area contributed by atoms with Gasteiger partial charge in [-0.2, -0.15) is 0 Å². The zero-order valence-corrected chi connectivity index (χ0v) is 9.78. The molecule has 0 unspecified atom stereocenters. The van der Waals surface area contributed by atoms with E-state index in [1.54, 1.807) is 0 Å². The molecule has 84 valence electrons. The highest BCUT2D eigenvalue weighted by atomic mass is 15.0. The molecule has 0 aliphatic heterocycles. The van der Waals surface area contributed by atoms with Crippen molar-refractivity contribution in [2.75, 3.05) is 11.5 Å². The largest absolute Gasteiger partial charge is 0.397 e. The van der Waals surface area contributed by atoms with Crippen molar-refractivity contribution in [1.82, 2.24) is 9.97 Å². The van der Waals surface area contributed by atoms with Crippen LogP contribution < -0.4 is 11.5 Å². The third-order valence-electron chi connectivity index (χ3n) is 2.46. The van der Waals surface area contributed by atoms with E-state index in [-0.39, 0.29) is 5.41 Å². The quantitative estimate of drug-likeness (QED) is 0.661. The first kappa shape index (κ1) is 10.7. The number of nitrogens with two attached hydrogens (primary N) is 2. The van der Waals surface area contributed by atoms with Gasteiger partial charge in [0.1, 0.15) is 11.6 Å². The molecule has 4 N–H and O–H groups in total. The van der Waals surface area contributed by atoms with Crippen molar-refractivity contribution in [2.24, 2.45) is 0 Å². The lowest BCUT2D eigenvalue weighted by Gasteiger charge is -2.17.